The molecule has 1 aliphatic rings. The Bertz CT molecular complexity index is 970. The largest absolute Gasteiger partial charge is 0.477 e. The van der Waals surface area contributed by atoms with Crippen LogP contribution in [-0.4, -0.2) is 61.9 Å². The molecule has 0 bridgehead atoms. The molecule has 30 heavy (non-hydrogen) atoms. The fraction of sp³-hybridized carbons (Fsp3) is 0.476. The third-order valence-corrected chi connectivity index (χ3v) is 5.87. The minimum Gasteiger partial charge on any atom is -0.477 e. The Labute approximate surface area is 176 Å². The molecule has 1 aliphatic heterocycles. The third-order valence-electron chi connectivity index (χ3n) is 4.75. The van der Waals surface area contributed by atoms with E-state index in [0.29, 0.717) is 23.3 Å². The summed E-state index contributed by atoms with van der Waals surface area (Å²) in [7, 11) is -3.32. The van der Waals surface area contributed by atoms with E-state index >= 15 is 0 Å². The van der Waals surface area contributed by atoms with Gasteiger partial charge in [0.25, 0.3) is 0 Å². The predicted octanol–water partition coefficient (Wildman–Crippen LogP) is 1.96. The van der Waals surface area contributed by atoms with Crippen molar-refractivity contribution in [2.45, 2.75) is 36.9 Å². The van der Waals surface area contributed by atoms with Crippen molar-refractivity contribution in [3.05, 3.63) is 35.9 Å². The third kappa shape index (κ3) is 5.28. The normalized spacial score (nSPS) is 15.5. The highest BCUT2D eigenvalue weighted by molar-refractivity contribution is 7.90. The lowest BCUT2D eigenvalue weighted by Gasteiger charge is -2.35. The van der Waals surface area contributed by atoms with E-state index in [1.165, 1.54) is 12.1 Å². The van der Waals surface area contributed by atoms with Crippen molar-refractivity contribution in [2.75, 3.05) is 32.7 Å². The van der Waals surface area contributed by atoms with Gasteiger partial charge in [-0.1, -0.05) is 25.5 Å². The summed E-state index contributed by atoms with van der Waals surface area (Å²) in [6, 6.07) is 8.03. The van der Waals surface area contributed by atoms with Crippen LogP contribution in [0, 0.1) is 0 Å². The predicted molar refractivity (Wildman–Crippen MR) is 110 cm³/mol. The summed E-state index contributed by atoms with van der Waals surface area (Å²) in [5.41, 5.74) is 0.645. The molecule has 3 rings (SSSR count). The van der Waals surface area contributed by atoms with E-state index in [0.717, 1.165) is 19.1 Å². The van der Waals surface area contributed by atoms with Gasteiger partial charge in [0.15, 0.2) is 9.84 Å². The van der Waals surface area contributed by atoms with Crippen LogP contribution >= 0.6 is 0 Å². The first-order valence-electron chi connectivity index (χ1n) is 9.77. The van der Waals surface area contributed by atoms with Crippen LogP contribution in [0.4, 0.5) is 0 Å². The van der Waals surface area contributed by atoms with E-state index < -0.39 is 15.4 Å². The minimum atomic E-state index is -3.32. The maximum absolute atomic E-state index is 11.7. The zero-order chi connectivity index (χ0) is 21.8. The molecule has 1 aromatic heterocycles. The summed E-state index contributed by atoms with van der Waals surface area (Å²) in [6.45, 7) is 2.57. The van der Waals surface area contributed by atoms with Gasteiger partial charge in [-0.25, -0.2) is 8.42 Å². The molecule has 1 fully saturated rings. The molecular weight excluding hydrogens is 410 g/mol. The van der Waals surface area contributed by atoms with Gasteiger partial charge in [0.2, 0.25) is 11.8 Å². The highest BCUT2D eigenvalue weighted by atomic mass is 32.2. The van der Waals surface area contributed by atoms with Crippen LogP contribution in [0.1, 0.15) is 25.3 Å². The van der Waals surface area contributed by atoms with Gasteiger partial charge in [0.05, 0.1) is 31.3 Å². The Hall–Kier alpha value is -2.20. The molecular formula is C21H27NO7S. The van der Waals surface area contributed by atoms with Crippen molar-refractivity contribution in [1.29, 1.82) is 0 Å². The first kappa shape index (κ1) is 22.5. The second-order valence-electron chi connectivity index (χ2n) is 7.47. The standard InChI is InChI=1S/C21H27NO7S/c1-3-4-9-28-19-16(11-23)10-18(15-5-7-17(8-6-15)30(2,25)26)20(22-19)29-14-21(24)12-27-13-21/h5-8,10,23-24H,3-4,9,11-14H2,1-2H3. The smallest absolute Gasteiger partial charge is 0.224 e. The number of hydrogen-bond donors (Lipinski definition) is 2. The van der Waals surface area contributed by atoms with Crippen molar-refractivity contribution >= 4 is 9.84 Å². The quantitative estimate of drug-likeness (QED) is 0.542. The molecule has 0 saturated carbocycles. The lowest BCUT2D eigenvalue weighted by Crippen LogP contribution is -2.54. The van der Waals surface area contributed by atoms with Crippen LogP contribution in [0.5, 0.6) is 11.8 Å². The van der Waals surface area contributed by atoms with Crippen LogP contribution < -0.4 is 9.47 Å². The molecule has 0 aliphatic carbocycles. The molecule has 0 spiro atoms. The number of hydrogen-bond acceptors (Lipinski definition) is 8. The summed E-state index contributed by atoms with van der Waals surface area (Å²) < 4.78 is 40.1. The molecule has 2 N–H and O–H groups in total. The Morgan fingerprint density at radius 3 is 2.40 bits per heavy atom. The van der Waals surface area contributed by atoms with Gasteiger partial charge in [-0.2, -0.15) is 4.98 Å². The van der Waals surface area contributed by atoms with Crippen molar-refractivity contribution in [1.82, 2.24) is 4.98 Å². The zero-order valence-corrected chi connectivity index (χ0v) is 17.9. The molecule has 9 heteroatoms. The Balaban J connectivity index is 1.97. The lowest BCUT2D eigenvalue weighted by molar-refractivity contribution is -0.192. The van der Waals surface area contributed by atoms with E-state index in [4.69, 9.17) is 14.2 Å². The fourth-order valence-electron chi connectivity index (χ4n) is 2.90. The molecule has 2 aromatic rings. The van der Waals surface area contributed by atoms with Gasteiger partial charge in [-0.05, 0) is 30.2 Å². The zero-order valence-electron chi connectivity index (χ0n) is 17.1. The van der Waals surface area contributed by atoms with E-state index in [9.17, 15) is 18.6 Å². The summed E-state index contributed by atoms with van der Waals surface area (Å²) >= 11 is 0. The number of ether oxygens (including phenoxy) is 3. The second kappa shape index (κ2) is 9.30. The van der Waals surface area contributed by atoms with E-state index in [1.807, 2.05) is 6.92 Å². The Morgan fingerprint density at radius 1 is 1.17 bits per heavy atom. The molecule has 0 atom stereocenters. The number of nitrogens with zero attached hydrogens (tertiary/aromatic N) is 1. The van der Waals surface area contributed by atoms with E-state index in [-0.39, 0.29) is 43.1 Å². The summed E-state index contributed by atoms with van der Waals surface area (Å²) in [6.07, 6.45) is 2.94. The SMILES string of the molecule is CCCCOc1nc(OCC2(O)COC2)c(-c2ccc(S(C)(=O)=O)cc2)cc1CO. The molecule has 0 unspecified atom stereocenters. The van der Waals surface area contributed by atoms with Crippen molar-refractivity contribution in [2.24, 2.45) is 0 Å². The van der Waals surface area contributed by atoms with Crippen LogP contribution in [0.3, 0.4) is 0 Å². The molecule has 0 radical (unpaired) electrons. The number of benzene rings is 1. The van der Waals surface area contributed by atoms with Crippen LogP contribution in [0.15, 0.2) is 35.2 Å². The number of rotatable bonds is 10. The highest BCUT2D eigenvalue weighted by Crippen LogP contribution is 2.35. The summed E-state index contributed by atoms with van der Waals surface area (Å²) in [5, 5.41) is 20.1. The number of aliphatic hydroxyl groups is 2. The molecule has 1 aromatic carbocycles. The molecule has 0 amide bonds. The van der Waals surface area contributed by atoms with Crippen LogP contribution in [0.25, 0.3) is 11.1 Å². The van der Waals surface area contributed by atoms with Gasteiger partial charge in [0, 0.05) is 17.4 Å². The second-order valence-corrected chi connectivity index (χ2v) is 9.48. The van der Waals surface area contributed by atoms with Gasteiger partial charge in [-0.3, -0.25) is 0 Å². The average Bonchev–Trinajstić information content (AvgIpc) is 2.70. The fourth-order valence-corrected chi connectivity index (χ4v) is 3.53. The van der Waals surface area contributed by atoms with E-state index in [2.05, 4.69) is 4.98 Å². The average molecular weight is 438 g/mol. The summed E-state index contributed by atoms with van der Waals surface area (Å²) in [5.74, 6) is 0.500. The molecule has 164 valence electrons. The number of aromatic nitrogens is 1. The lowest BCUT2D eigenvalue weighted by atomic mass is 10.0. The topological polar surface area (TPSA) is 115 Å². The molecule has 8 nitrogen and oxygen atoms in total. The van der Waals surface area contributed by atoms with Gasteiger partial charge >= 0.3 is 0 Å². The van der Waals surface area contributed by atoms with Gasteiger partial charge < -0.3 is 24.4 Å². The summed E-state index contributed by atoms with van der Waals surface area (Å²) in [4.78, 5) is 4.65. The molecule has 2 heterocycles. The Kier molecular flexibility index (Phi) is 6.97. The van der Waals surface area contributed by atoms with E-state index in [1.54, 1.807) is 18.2 Å². The van der Waals surface area contributed by atoms with Gasteiger partial charge in [-0.15, -0.1) is 0 Å². The number of aliphatic hydroxyl groups excluding tert-OH is 1. The first-order chi connectivity index (χ1) is 14.3. The van der Waals surface area contributed by atoms with Gasteiger partial charge in [0.1, 0.15) is 12.2 Å². The number of sulfone groups is 1. The maximum atomic E-state index is 11.7. The Morgan fingerprint density at radius 2 is 1.87 bits per heavy atom. The minimum absolute atomic E-state index is 0.0126. The highest BCUT2D eigenvalue weighted by Gasteiger charge is 2.37. The number of unbranched alkanes of at least 4 members (excludes halogenated alkanes) is 1. The molecule has 1 saturated heterocycles. The van der Waals surface area contributed by atoms with Crippen molar-refractivity contribution < 1.29 is 32.8 Å². The van der Waals surface area contributed by atoms with Crippen LogP contribution in [0.2, 0.25) is 0 Å². The van der Waals surface area contributed by atoms with Crippen molar-refractivity contribution in [3.8, 4) is 22.9 Å². The monoisotopic (exact) mass is 437 g/mol. The first-order valence-corrected chi connectivity index (χ1v) is 11.7. The van der Waals surface area contributed by atoms with Crippen LogP contribution in [-0.2, 0) is 21.2 Å². The van der Waals surface area contributed by atoms with Crippen molar-refractivity contribution in [3.63, 3.8) is 0 Å². The maximum Gasteiger partial charge on any atom is 0.224 e. The number of pyridine rings is 1.